The van der Waals surface area contributed by atoms with Gasteiger partial charge in [-0.3, -0.25) is 9.69 Å². The minimum atomic E-state index is -0.438. The first-order chi connectivity index (χ1) is 9.04. The van der Waals surface area contributed by atoms with Crippen molar-refractivity contribution >= 4 is 21.8 Å². The summed E-state index contributed by atoms with van der Waals surface area (Å²) in [6.45, 7) is 0.956. The van der Waals surface area contributed by atoms with Crippen molar-refractivity contribution < 1.29 is 4.79 Å². The molecular formula is C14H20BrN3O. The van der Waals surface area contributed by atoms with Crippen molar-refractivity contribution in [1.82, 2.24) is 9.88 Å². The third-order valence-corrected chi connectivity index (χ3v) is 4.51. The molecule has 5 heteroatoms. The maximum absolute atomic E-state index is 11.8. The standard InChI is InChI=1S/C14H20BrN3O/c1-18-10-4-9-14(18,13(16)19)8-3-6-11-5-2-7-12(15)17-11/h2,5,7H,3-4,6,8-10H2,1H3,(H2,16,19)/t14-/m0/s1. The smallest absolute Gasteiger partial charge is 0.237 e. The van der Waals surface area contributed by atoms with Gasteiger partial charge in [-0.2, -0.15) is 0 Å². The van der Waals surface area contributed by atoms with E-state index in [0.29, 0.717) is 0 Å². The zero-order chi connectivity index (χ0) is 13.9. The molecule has 2 rings (SSSR count). The van der Waals surface area contributed by atoms with Gasteiger partial charge in [0, 0.05) is 5.69 Å². The molecule has 1 aliphatic heterocycles. The second-order valence-corrected chi connectivity index (χ2v) is 6.04. The van der Waals surface area contributed by atoms with Gasteiger partial charge in [0.2, 0.25) is 5.91 Å². The molecule has 0 bridgehead atoms. The van der Waals surface area contributed by atoms with Crippen molar-refractivity contribution in [1.29, 1.82) is 0 Å². The van der Waals surface area contributed by atoms with Crippen LogP contribution in [0.1, 0.15) is 31.4 Å². The van der Waals surface area contributed by atoms with Crippen LogP contribution < -0.4 is 5.73 Å². The zero-order valence-corrected chi connectivity index (χ0v) is 12.8. The molecule has 1 fully saturated rings. The molecule has 0 aliphatic carbocycles. The highest BCUT2D eigenvalue weighted by atomic mass is 79.9. The van der Waals surface area contributed by atoms with Gasteiger partial charge in [-0.05, 0) is 73.8 Å². The lowest BCUT2D eigenvalue weighted by Crippen LogP contribution is -2.52. The maximum atomic E-state index is 11.8. The van der Waals surface area contributed by atoms with Crippen LogP contribution in [-0.2, 0) is 11.2 Å². The number of nitrogens with zero attached hydrogens (tertiary/aromatic N) is 2. The van der Waals surface area contributed by atoms with E-state index in [-0.39, 0.29) is 5.91 Å². The number of halogens is 1. The molecule has 0 aromatic carbocycles. The van der Waals surface area contributed by atoms with Gasteiger partial charge >= 0.3 is 0 Å². The molecule has 0 unspecified atom stereocenters. The summed E-state index contributed by atoms with van der Waals surface area (Å²) in [4.78, 5) is 18.3. The fourth-order valence-electron chi connectivity index (χ4n) is 2.92. The van der Waals surface area contributed by atoms with E-state index < -0.39 is 5.54 Å². The topological polar surface area (TPSA) is 59.2 Å². The van der Waals surface area contributed by atoms with Crippen molar-refractivity contribution in [2.24, 2.45) is 5.73 Å². The molecule has 0 spiro atoms. The number of amides is 1. The van der Waals surface area contributed by atoms with Gasteiger partial charge < -0.3 is 5.73 Å². The van der Waals surface area contributed by atoms with Crippen LogP contribution in [0.2, 0.25) is 0 Å². The van der Waals surface area contributed by atoms with Crippen molar-refractivity contribution in [3.63, 3.8) is 0 Å². The number of aryl methyl sites for hydroxylation is 1. The highest BCUT2D eigenvalue weighted by Gasteiger charge is 2.43. The zero-order valence-electron chi connectivity index (χ0n) is 11.2. The number of primary amides is 1. The minimum Gasteiger partial charge on any atom is -0.368 e. The van der Waals surface area contributed by atoms with E-state index in [4.69, 9.17) is 5.73 Å². The molecule has 1 aromatic rings. The number of aromatic nitrogens is 1. The van der Waals surface area contributed by atoms with E-state index in [1.54, 1.807) is 0 Å². The average molecular weight is 326 g/mol. The number of likely N-dealkylation sites (N-methyl/N-ethyl adjacent to an activating group) is 1. The Morgan fingerprint density at radius 2 is 2.37 bits per heavy atom. The number of rotatable bonds is 5. The summed E-state index contributed by atoms with van der Waals surface area (Å²) in [7, 11) is 2.00. The van der Waals surface area contributed by atoms with Crippen LogP contribution in [0.5, 0.6) is 0 Å². The molecule has 1 aliphatic rings. The average Bonchev–Trinajstić information content (AvgIpc) is 2.72. The number of nitrogens with two attached hydrogens (primary N) is 1. The van der Waals surface area contributed by atoms with Crippen molar-refractivity contribution in [3.05, 3.63) is 28.5 Å². The number of carbonyl (C=O) groups excluding carboxylic acids is 1. The predicted molar refractivity (Wildman–Crippen MR) is 78.7 cm³/mol. The molecule has 4 nitrogen and oxygen atoms in total. The number of hydrogen-bond acceptors (Lipinski definition) is 3. The largest absolute Gasteiger partial charge is 0.368 e. The second-order valence-electron chi connectivity index (χ2n) is 5.23. The van der Waals surface area contributed by atoms with Crippen LogP contribution in [0.15, 0.2) is 22.8 Å². The lowest BCUT2D eigenvalue weighted by atomic mass is 9.89. The molecule has 0 saturated carbocycles. The molecule has 104 valence electrons. The molecule has 1 atom stereocenters. The summed E-state index contributed by atoms with van der Waals surface area (Å²) in [5.74, 6) is -0.185. The fraction of sp³-hybridized carbons (Fsp3) is 0.571. The number of hydrogen-bond donors (Lipinski definition) is 1. The molecule has 19 heavy (non-hydrogen) atoms. The Morgan fingerprint density at radius 3 is 2.95 bits per heavy atom. The van der Waals surface area contributed by atoms with Crippen LogP contribution >= 0.6 is 15.9 Å². The quantitative estimate of drug-likeness (QED) is 0.843. The Bertz CT molecular complexity index is 466. The first kappa shape index (κ1) is 14.5. The summed E-state index contributed by atoms with van der Waals surface area (Å²) in [6, 6.07) is 5.91. The first-order valence-electron chi connectivity index (χ1n) is 6.67. The molecule has 2 heterocycles. The monoisotopic (exact) mass is 325 g/mol. The number of carbonyl (C=O) groups is 1. The summed E-state index contributed by atoms with van der Waals surface area (Å²) in [5.41, 5.74) is 6.24. The van der Waals surface area contributed by atoms with E-state index in [9.17, 15) is 4.79 Å². The van der Waals surface area contributed by atoms with Crippen molar-refractivity contribution in [2.75, 3.05) is 13.6 Å². The lowest BCUT2D eigenvalue weighted by molar-refractivity contribution is -0.128. The van der Waals surface area contributed by atoms with Crippen molar-refractivity contribution in [3.8, 4) is 0 Å². The Morgan fingerprint density at radius 1 is 1.58 bits per heavy atom. The Labute approximate surface area is 122 Å². The van der Waals surface area contributed by atoms with Gasteiger partial charge in [-0.25, -0.2) is 4.98 Å². The van der Waals surface area contributed by atoms with Crippen LogP contribution in [0, 0.1) is 0 Å². The SMILES string of the molecule is CN1CCC[C@@]1(CCCc1cccc(Br)n1)C(N)=O. The van der Waals surface area contributed by atoms with E-state index in [2.05, 4.69) is 25.8 Å². The van der Waals surface area contributed by atoms with Crippen LogP contribution in [0.3, 0.4) is 0 Å². The van der Waals surface area contributed by atoms with Gasteiger partial charge in [-0.1, -0.05) is 6.07 Å². The fourth-order valence-corrected chi connectivity index (χ4v) is 3.30. The lowest BCUT2D eigenvalue weighted by Gasteiger charge is -2.33. The van der Waals surface area contributed by atoms with Crippen molar-refractivity contribution in [2.45, 2.75) is 37.6 Å². The van der Waals surface area contributed by atoms with Gasteiger partial charge in [0.15, 0.2) is 0 Å². The highest BCUT2D eigenvalue weighted by Crippen LogP contribution is 2.32. The van der Waals surface area contributed by atoms with Gasteiger partial charge in [0.05, 0.1) is 5.54 Å². The Balaban J connectivity index is 1.95. The van der Waals surface area contributed by atoms with E-state index in [0.717, 1.165) is 48.9 Å². The highest BCUT2D eigenvalue weighted by molar-refractivity contribution is 9.10. The Kier molecular flexibility index (Phi) is 4.58. The van der Waals surface area contributed by atoms with E-state index in [1.165, 1.54) is 0 Å². The van der Waals surface area contributed by atoms with Gasteiger partial charge in [0.25, 0.3) is 0 Å². The van der Waals surface area contributed by atoms with E-state index >= 15 is 0 Å². The molecule has 1 aromatic heterocycles. The molecule has 1 saturated heterocycles. The second kappa shape index (κ2) is 6.01. The minimum absolute atomic E-state index is 0.185. The number of pyridine rings is 1. The molecule has 0 radical (unpaired) electrons. The van der Waals surface area contributed by atoms with E-state index in [1.807, 2.05) is 25.2 Å². The summed E-state index contributed by atoms with van der Waals surface area (Å²) >= 11 is 3.37. The van der Waals surface area contributed by atoms with Crippen LogP contribution in [0.25, 0.3) is 0 Å². The predicted octanol–water partition coefficient (Wildman–Crippen LogP) is 2.12. The van der Waals surface area contributed by atoms with Crippen LogP contribution in [0.4, 0.5) is 0 Å². The van der Waals surface area contributed by atoms with Crippen LogP contribution in [-0.4, -0.2) is 34.9 Å². The molecule has 1 amide bonds. The Hall–Kier alpha value is -0.940. The summed E-state index contributed by atoms with van der Waals surface area (Å²) in [5, 5.41) is 0. The summed E-state index contributed by atoms with van der Waals surface area (Å²) in [6.07, 6.45) is 4.55. The first-order valence-corrected chi connectivity index (χ1v) is 7.46. The number of likely N-dealkylation sites (tertiary alicyclic amines) is 1. The molecular weight excluding hydrogens is 306 g/mol. The van der Waals surface area contributed by atoms with Gasteiger partial charge in [-0.15, -0.1) is 0 Å². The normalized spacial score (nSPS) is 23.7. The van der Waals surface area contributed by atoms with Gasteiger partial charge in [0.1, 0.15) is 4.60 Å². The maximum Gasteiger partial charge on any atom is 0.237 e. The molecule has 2 N–H and O–H groups in total. The summed E-state index contributed by atoms with van der Waals surface area (Å²) < 4.78 is 0.854. The third kappa shape index (κ3) is 3.15. The third-order valence-electron chi connectivity index (χ3n) is 4.07.